The highest BCUT2D eigenvalue weighted by Gasteiger charge is 2.14. The lowest BCUT2D eigenvalue weighted by atomic mass is 10.2. The first-order valence-corrected chi connectivity index (χ1v) is 6.21. The van der Waals surface area contributed by atoms with Crippen molar-refractivity contribution in [3.8, 4) is 0 Å². The van der Waals surface area contributed by atoms with E-state index in [1.807, 2.05) is 0 Å². The highest BCUT2D eigenvalue weighted by Crippen LogP contribution is 2.26. The van der Waals surface area contributed by atoms with Crippen molar-refractivity contribution in [2.24, 2.45) is 0 Å². The summed E-state index contributed by atoms with van der Waals surface area (Å²) in [6, 6.07) is 3.07. The summed E-state index contributed by atoms with van der Waals surface area (Å²) < 4.78 is 27.0. The molecule has 0 aliphatic carbocycles. The number of benzene rings is 1. The zero-order chi connectivity index (χ0) is 14.0. The van der Waals surface area contributed by atoms with Crippen molar-refractivity contribution >= 4 is 39.1 Å². The van der Waals surface area contributed by atoms with E-state index >= 15 is 0 Å². The van der Waals surface area contributed by atoms with Gasteiger partial charge >= 0.3 is 0 Å². The van der Waals surface area contributed by atoms with E-state index in [4.69, 9.17) is 11.6 Å². The minimum Gasteiger partial charge on any atom is -0.318 e. The van der Waals surface area contributed by atoms with Crippen LogP contribution in [0.5, 0.6) is 0 Å². The maximum absolute atomic E-state index is 13.5. The van der Waals surface area contributed by atoms with Gasteiger partial charge in [-0.2, -0.15) is 0 Å². The molecule has 1 aromatic heterocycles. The van der Waals surface area contributed by atoms with Crippen molar-refractivity contribution in [3.05, 3.63) is 57.3 Å². The molecule has 0 saturated heterocycles. The van der Waals surface area contributed by atoms with Gasteiger partial charge in [-0.15, -0.1) is 0 Å². The van der Waals surface area contributed by atoms with Crippen molar-refractivity contribution in [3.63, 3.8) is 0 Å². The first kappa shape index (κ1) is 13.9. The second-order valence-corrected chi connectivity index (χ2v) is 4.91. The third kappa shape index (κ3) is 3.27. The summed E-state index contributed by atoms with van der Waals surface area (Å²) in [7, 11) is 0. The van der Waals surface area contributed by atoms with Crippen LogP contribution in [0.15, 0.2) is 35.1 Å². The molecule has 0 fully saturated rings. The summed E-state index contributed by atoms with van der Waals surface area (Å²) in [5, 5.41) is 2.06. The van der Waals surface area contributed by atoms with Gasteiger partial charge in [-0.3, -0.25) is 9.78 Å². The number of halogens is 4. The highest BCUT2D eigenvalue weighted by atomic mass is 79.9. The summed E-state index contributed by atoms with van der Waals surface area (Å²) in [6.45, 7) is 0. The van der Waals surface area contributed by atoms with Crippen LogP contribution >= 0.6 is 27.5 Å². The van der Waals surface area contributed by atoms with Crippen molar-refractivity contribution in [2.45, 2.75) is 0 Å². The molecule has 0 saturated carbocycles. The average Bonchev–Trinajstić information content (AvgIpc) is 2.33. The molecule has 0 aliphatic rings. The van der Waals surface area contributed by atoms with Crippen LogP contribution in [0, 0.1) is 11.6 Å². The predicted octanol–water partition coefficient (Wildman–Crippen LogP) is 4.03. The molecule has 0 atom stereocenters. The number of nitrogens with one attached hydrogen (secondary N) is 1. The number of nitrogens with zero attached hydrogens (tertiary/aromatic N) is 1. The summed E-state index contributed by atoms with van der Waals surface area (Å²) in [5.41, 5.74) is -0.0535. The van der Waals surface area contributed by atoms with Crippen LogP contribution in [-0.2, 0) is 0 Å². The van der Waals surface area contributed by atoms with Crippen LogP contribution in [0.25, 0.3) is 0 Å². The molecule has 7 heteroatoms. The molecule has 1 N–H and O–H groups in total. The molecule has 2 rings (SSSR count). The van der Waals surface area contributed by atoms with Gasteiger partial charge in [-0.05, 0) is 28.1 Å². The number of anilines is 1. The minimum absolute atomic E-state index is 0.214. The van der Waals surface area contributed by atoms with Gasteiger partial charge in [0.15, 0.2) is 5.82 Å². The molecular weight excluding hydrogens is 341 g/mol. The maximum Gasteiger partial charge on any atom is 0.257 e. The van der Waals surface area contributed by atoms with E-state index in [1.165, 1.54) is 18.5 Å². The molecule has 3 nitrogen and oxygen atoms in total. The van der Waals surface area contributed by atoms with Crippen molar-refractivity contribution in [1.29, 1.82) is 0 Å². The molecule has 1 aromatic carbocycles. The quantitative estimate of drug-likeness (QED) is 0.891. The van der Waals surface area contributed by atoms with E-state index in [-0.39, 0.29) is 16.3 Å². The molecule has 0 aliphatic heterocycles. The smallest absolute Gasteiger partial charge is 0.257 e. The number of pyridine rings is 1. The van der Waals surface area contributed by atoms with Gasteiger partial charge in [0.2, 0.25) is 0 Å². The molecular formula is C12H6BrClF2N2O. The number of amides is 1. The Morgan fingerprint density at radius 2 is 2.00 bits per heavy atom. The van der Waals surface area contributed by atoms with E-state index in [1.54, 1.807) is 0 Å². The Hall–Kier alpha value is -1.53. The van der Waals surface area contributed by atoms with Crippen molar-refractivity contribution in [2.75, 3.05) is 5.32 Å². The zero-order valence-electron chi connectivity index (χ0n) is 9.25. The van der Waals surface area contributed by atoms with Gasteiger partial charge < -0.3 is 5.32 Å². The van der Waals surface area contributed by atoms with E-state index in [0.717, 1.165) is 6.07 Å². The number of hydrogen-bond acceptors (Lipinski definition) is 2. The Kier molecular flexibility index (Phi) is 4.11. The summed E-state index contributed by atoms with van der Waals surface area (Å²) in [4.78, 5) is 15.7. The first-order valence-electron chi connectivity index (χ1n) is 5.04. The van der Waals surface area contributed by atoms with Gasteiger partial charge in [0.25, 0.3) is 5.91 Å². The monoisotopic (exact) mass is 346 g/mol. The molecule has 0 unspecified atom stereocenters. The summed E-state index contributed by atoms with van der Waals surface area (Å²) in [6.07, 6.45) is 2.82. The Labute approximate surface area is 120 Å². The Morgan fingerprint density at radius 1 is 1.26 bits per heavy atom. The molecule has 0 bridgehead atoms. The topological polar surface area (TPSA) is 42.0 Å². The van der Waals surface area contributed by atoms with Crippen molar-refractivity contribution < 1.29 is 13.6 Å². The van der Waals surface area contributed by atoms with Crippen LogP contribution in [0.1, 0.15) is 10.4 Å². The number of aromatic nitrogens is 1. The first-order chi connectivity index (χ1) is 8.97. The fourth-order valence-electron chi connectivity index (χ4n) is 1.38. The van der Waals surface area contributed by atoms with Gasteiger partial charge in [-0.1, -0.05) is 11.6 Å². The molecule has 2 aromatic rings. The van der Waals surface area contributed by atoms with Crippen LogP contribution in [0.3, 0.4) is 0 Å². The van der Waals surface area contributed by atoms with E-state index in [9.17, 15) is 13.6 Å². The lowest BCUT2D eigenvalue weighted by molar-refractivity contribution is 0.102. The average molecular weight is 348 g/mol. The zero-order valence-corrected chi connectivity index (χ0v) is 11.6. The lowest BCUT2D eigenvalue weighted by Gasteiger charge is -2.08. The van der Waals surface area contributed by atoms with Gasteiger partial charge in [0, 0.05) is 22.9 Å². The van der Waals surface area contributed by atoms with E-state index < -0.39 is 17.5 Å². The number of carbonyl (C=O) groups is 1. The number of rotatable bonds is 2. The largest absolute Gasteiger partial charge is 0.318 e. The molecule has 0 radical (unpaired) electrons. The van der Waals surface area contributed by atoms with Crippen molar-refractivity contribution in [1.82, 2.24) is 4.98 Å². The third-order valence-corrected chi connectivity index (χ3v) is 2.94. The second-order valence-electron chi connectivity index (χ2n) is 3.59. The predicted molar refractivity (Wildman–Crippen MR) is 71.3 cm³/mol. The SMILES string of the molecule is O=C(Nc1c(F)cc(F)cc1Cl)c1cncc(Br)c1. The lowest BCUT2D eigenvalue weighted by Crippen LogP contribution is -2.14. The fraction of sp³-hybridized carbons (Fsp3) is 0. The van der Waals surface area contributed by atoms with Crippen LogP contribution < -0.4 is 5.32 Å². The summed E-state index contributed by atoms with van der Waals surface area (Å²) in [5.74, 6) is -2.35. The van der Waals surface area contributed by atoms with E-state index in [2.05, 4.69) is 26.2 Å². The van der Waals surface area contributed by atoms with Crippen LogP contribution in [0.2, 0.25) is 5.02 Å². The van der Waals surface area contributed by atoms with Gasteiger partial charge in [0.05, 0.1) is 16.3 Å². The highest BCUT2D eigenvalue weighted by molar-refractivity contribution is 9.10. The molecule has 19 heavy (non-hydrogen) atoms. The molecule has 0 spiro atoms. The van der Waals surface area contributed by atoms with Crippen LogP contribution in [0.4, 0.5) is 14.5 Å². The maximum atomic E-state index is 13.5. The van der Waals surface area contributed by atoms with E-state index in [0.29, 0.717) is 10.5 Å². The van der Waals surface area contributed by atoms with Gasteiger partial charge in [-0.25, -0.2) is 8.78 Å². The Balaban J connectivity index is 2.29. The normalized spacial score (nSPS) is 10.3. The standard InChI is InChI=1S/C12H6BrClF2N2O/c13-7-1-6(4-17-5-7)12(19)18-11-9(14)2-8(15)3-10(11)16/h1-5H,(H,18,19). The van der Waals surface area contributed by atoms with Crippen LogP contribution in [-0.4, -0.2) is 10.9 Å². The second kappa shape index (κ2) is 5.63. The fourth-order valence-corrected chi connectivity index (χ4v) is 1.99. The Bertz CT molecular complexity index is 628. The Morgan fingerprint density at radius 3 is 2.63 bits per heavy atom. The third-order valence-electron chi connectivity index (χ3n) is 2.21. The number of hydrogen-bond donors (Lipinski definition) is 1. The van der Waals surface area contributed by atoms with Gasteiger partial charge in [0.1, 0.15) is 5.82 Å². The number of carbonyl (C=O) groups excluding carboxylic acids is 1. The minimum atomic E-state index is -0.943. The molecule has 1 heterocycles. The molecule has 98 valence electrons. The summed E-state index contributed by atoms with van der Waals surface area (Å²) >= 11 is 8.84. The molecule has 1 amide bonds.